The number of nitrogens with zero attached hydrogens (tertiary/aromatic N) is 2. The lowest BCUT2D eigenvalue weighted by Gasteiger charge is -2.20. The Bertz CT molecular complexity index is 641. The molecule has 0 aliphatic rings. The van der Waals surface area contributed by atoms with Gasteiger partial charge in [-0.05, 0) is 13.3 Å². The van der Waals surface area contributed by atoms with E-state index < -0.39 is 11.8 Å². The third-order valence-electron chi connectivity index (χ3n) is 3.85. The van der Waals surface area contributed by atoms with Gasteiger partial charge in [0.1, 0.15) is 5.82 Å². The highest BCUT2D eigenvalue weighted by atomic mass is 19.3. The van der Waals surface area contributed by atoms with Crippen LogP contribution in [0.4, 0.5) is 14.6 Å². The third-order valence-corrected chi connectivity index (χ3v) is 3.85. The Morgan fingerprint density at radius 2 is 1.73 bits per heavy atom. The quantitative estimate of drug-likeness (QED) is 0.914. The first-order valence-corrected chi connectivity index (χ1v) is 7.39. The van der Waals surface area contributed by atoms with E-state index in [9.17, 15) is 8.78 Å². The van der Waals surface area contributed by atoms with E-state index in [0.717, 1.165) is 17.7 Å². The summed E-state index contributed by atoms with van der Waals surface area (Å²) in [6.45, 7) is 6.88. The van der Waals surface area contributed by atoms with Gasteiger partial charge >= 0.3 is 0 Å². The number of aromatic nitrogens is 2. The van der Waals surface area contributed by atoms with Crippen LogP contribution in [0.3, 0.4) is 0 Å². The van der Waals surface area contributed by atoms with Crippen molar-refractivity contribution in [2.75, 3.05) is 5.73 Å². The Hall–Kier alpha value is -2.04. The molecule has 0 spiro atoms. The molecule has 118 valence electrons. The number of nitrogens with two attached hydrogens (primary N) is 1. The average Bonchev–Trinajstić information content (AvgIpc) is 2.47. The van der Waals surface area contributed by atoms with Crippen LogP contribution in [0.2, 0.25) is 0 Å². The number of benzene rings is 1. The van der Waals surface area contributed by atoms with Crippen LogP contribution >= 0.6 is 0 Å². The van der Waals surface area contributed by atoms with Gasteiger partial charge in [-0.25, -0.2) is 18.7 Å². The Labute approximate surface area is 129 Å². The zero-order valence-electron chi connectivity index (χ0n) is 13.3. The lowest BCUT2D eigenvalue weighted by atomic mass is 9.97. The van der Waals surface area contributed by atoms with Crippen molar-refractivity contribution in [2.45, 2.75) is 40.0 Å². The van der Waals surface area contributed by atoms with Crippen molar-refractivity contribution in [2.24, 2.45) is 5.92 Å². The zero-order chi connectivity index (χ0) is 16.5. The van der Waals surface area contributed by atoms with Crippen molar-refractivity contribution in [3.8, 4) is 11.4 Å². The van der Waals surface area contributed by atoms with Crippen LogP contribution in [-0.2, 0) is 12.3 Å². The summed E-state index contributed by atoms with van der Waals surface area (Å²) >= 11 is 0. The van der Waals surface area contributed by atoms with Crippen molar-refractivity contribution in [1.82, 2.24) is 9.97 Å². The van der Waals surface area contributed by atoms with Gasteiger partial charge in [0.2, 0.25) is 0 Å². The topological polar surface area (TPSA) is 51.8 Å². The maximum Gasteiger partial charge on any atom is 0.275 e. The molecule has 0 saturated carbocycles. The molecule has 2 N–H and O–H groups in total. The fourth-order valence-electron chi connectivity index (χ4n) is 2.36. The van der Waals surface area contributed by atoms with Gasteiger partial charge < -0.3 is 5.73 Å². The van der Waals surface area contributed by atoms with Crippen molar-refractivity contribution >= 4 is 5.82 Å². The molecule has 3 nitrogen and oxygen atoms in total. The summed E-state index contributed by atoms with van der Waals surface area (Å²) in [6.07, 6.45) is 0.761. The molecule has 0 fully saturated rings. The van der Waals surface area contributed by atoms with Gasteiger partial charge in [0.25, 0.3) is 5.92 Å². The fourth-order valence-corrected chi connectivity index (χ4v) is 2.36. The molecule has 0 saturated heterocycles. The standard InChI is InChI=1S/C17H21F2N3/c1-5-14-11(4)21-16(22-15(14)20)12-6-8-13(9-7-12)17(18,19)10(2)3/h6-10H,5H2,1-4H3,(H2,20,21,22). The van der Waals surface area contributed by atoms with E-state index >= 15 is 0 Å². The molecule has 5 heteroatoms. The number of hydrogen-bond acceptors (Lipinski definition) is 3. The molecular weight excluding hydrogens is 284 g/mol. The Morgan fingerprint density at radius 3 is 2.18 bits per heavy atom. The highest BCUT2D eigenvalue weighted by molar-refractivity contribution is 5.59. The normalized spacial score (nSPS) is 12.0. The van der Waals surface area contributed by atoms with Gasteiger partial charge in [-0.2, -0.15) is 0 Å². The number of anilines is 1. The number of alkyl halides is 2. The number of halogens is 2. The van der Waals surface area contributed by atoms with Crippen molar-refractivity contribution in [1.29, 1.82) is 0 Å². The molecule has 1 aromatic heterocycles. The molecular formula is C17H21F2N3. The number of rotatable bonds is 4. The third kappa shape index (κ3) is 2.93. The summed E-state index contributed by atoms with van der Waals surface area (Å²) in [7, 11) is 0. The van der Waals surface area contributed by atoms with E-state index in [1.54, 1.807) is 12.1 Å². The molecule has 1 aromatic carbocycles. The van der Waals surface area contributed by atoms with E-state index in [0.29, 0.717) is 17.2 Å². The average molecular weight is 305 g/mol. The number of nitrogen functional groups attached to an aromatic ring is 1. The second kappa shape index (κ2) is 5.99. The van der Waals surface area contributed by atoms with Crippen LogP contribution in [0.25, 0.3) is 11.4 Å². The minimum atomic E-state index is -2.85. The second-order valence-corrected chi connectivity index (χ2v) is 5.70. The molecule has 0 aliphatic heterocycles. The van der Waals surface area contributed by atoms with Crippen LogP contribution in [-0.4, -0.2) is 9.97 Å². The minimum absolute atomic E-state index is 0.00104. The first-order valence-electron chi connectivity index (χ1n) is 7.39. The maximum absolute atomic E-state index is 14.0. The van der Waals surface area contributed by atoms with Gasteiger partial charge in [0.05, 0.1) is 0 Å². The fraction of sp³-hybridized carbons (Fsp3) is 0.412. The van der Waals surface area contributed by atoms with Crippen LogP contribution in [0.1, 0.15) is 37.6 Å². The highest BCUT2D eigenvalue weighted by Crippen LogP contribution is 2.36. The van der Waals surface area contributed by atoms with Gasteiger partial charge in [-0.3, -0.25) is 0 Å². The molecule has 0 unspecified atom stereocenters. The number of aryl methyl sites for hydroxylation is 1. The first-order chi connectivity index (χ1) is 10.3. The Kier molecular flexibility index (Phi) is 4.44. The molecule has 1 heterocycles. The summed E-state index contributed by atoms with van der Waals surface area (Å²) in [5.74, 6) is -2.69. The van der Waals surface area contributed by atoms with Crippen molar-refractivity contribution < 1.29 is 8.78 Å². The van der Waals surface area contributed by atoms with Crippen molar-refractivity contribution in [3.05, 3.63) is 41.1 Å². The van der Waals surface area contributed by atoms with Gasteiger partial charge in [0, 0.05) is 28.3 Å². The minimum Gasteiger partial charge on any atom is -0.383 e. The summed E-state index contributed by atoms with van der Waals surface area (Å²) in [4.78, 5) is 8.70. The van der Waals surface area contributed by atoms with E-state index in [-0.39, 0.29) is 5.56 Å². The molecule has 0 bridgehead atoms. The SMILES string of the molecule is CCc1c(C)nc(-c2ccc(C(F)(F)C(C)C)cc2)nc1N. The predicted molar refractivity (Wildman–Crippen MR) is 84.7 cm³/mol. The summed E-state index contributed by atoms with van der Waals surface area (Å²) in [6, 6.07) is 6.09. The van der Waals surface area contributed by atoms with E-state index in [1.165, 1.54) is 26.0 Å². The smallest absolute Gasteiger partial charge is 0.275 e. The largest absolute Gasteiger partial charge is 0.383 e. The predicted octanol–water partition coefficient (Wildman–Crippen LogP) is 4.34. The molecule has 0 atom stereocenters. The van der Waals surface area contributed by atoms with Gasteiger partial charge in [0.15, 0.2) is 5.82 Å². The van der Waals surface area contributed by atoms with Gasteiger partial charge in [-0.1, -0.05) is 45.0 Å². The van der Waals surface area contributed by atoms with Crippen molar-refractivity contribution in [3.63, 3.8) is 0 Å². The second-order valence-electron chi connectivity index (χ2n) is 5.70. The molecule has 22 heavy (non-hydrogen) atoms. The zero-order valence-corrected chi connectivity index (χ0v) is 13.3. The molecule has 2 aromatic rings. The highest BCUT2D eigenvalue weighted by Gasteiger charge is 2.35. The summed E-state index contributed by atoms with van der Waals surface area (Å²) < 4.78 is 28.0. The molecule has 0 radical (unpaired) electrons. The van der Waals surface area contributed by atoms with Crippen LogP contribution < -0.4 is 5.73 Å². The maximum atomic E-state index is 14.0. The Morgan fingerprint density at radius 1 is 1.14 bits per heavy atom. The lowest BCUT2D eigenvalue weighted by molar-refractivity contribution is -0.0513. The summed E-state index contributed by atoms with van der Waals surface area (Å²) in [5.41, 5.74) is 8.36. The first kappa shape index (κ1) is 16.3. The van der Waals surface area contributed by atoms with E-state index in [4.69, 9.17) is 5.73 Å². The number of hydrogen-bond donors (Lipinski definition) is 1. The van der Waals surface area contributed by atoms with E-state index in [1.807, 2.05) is 13.8 Å². The van der Waals surface area contributed by atoms with Crippen LogP contribution in [0, 0.1) is 12.8 Å². The van der Waals surface area contributed by atoms with Crippen LogP contribution in [0.5, 0.6) is 0 Å². The molecule has 0 aliphatic carbocycles. The van der Waals surface area contributed by atoms with Crippen LogP contribution in [0.15, 0.2) is 24.3 Å². The van der Waals surface area contributed by atoms with Gasteiger partial charge in [-0.15, -0.1) is 0 Å². The summed E-state index contributed by atoms with van der Waals surface area (Å²) in [5, 5.41) is 0. The van der Waals surface area contributed by atoms with E-state index in [2.05, 4.69) is 9.97 Å². The Balaban J connectivity index is 2.40. The monoisotopic (exact) mass is 305 g/mol. The molecule has 0 amide bonds. The lowest BCUT2D eigenvalue weighted by Crippen LogP contribution is -2.20. The molecule has 2 rings (SSSR count).